The highest BCUT2D eigenvalue weighted by atomic mass is 32.2. The molecule has 0 heterocycles. The van der Waals surface area contributed by atoms with Crippen LogP contribution in [0.3, 0.4) is 0 Å². The van der Waals surface area contributed by atoms with Crippen LogP contribution in [0, 0.1) is 12.3 Å². The number of nitrogens with two attached hydrogens (primary N) is 1. The average molecular weight is 264 g/mol. The van der Waals surface area contributed by atoms with Crippen molar-refractivity contribution in [2.24, 2.45) is 0 Å². The maximum absolute atomic E-state index is 11.4. The lowest BCUT2D eigenvalue weighted by Crippen LogP contribution is -2.30. The highest BCUT2D eigenvalue weighted by Gasteiger charge is 2.01. The zero-order valence-corrected chi connectivity index (χ0v) is 10.8. The number of nitrogen functional groups attached to an aromatic ring is 1. The van der Waals surface area contributed by atoms with Crippen LogP contribution in [0.2, 0.25) is 0 Å². The van der Waals surface area contributed by atoms with E-state index in [1.807, 2.05) is 0 Å². The van der Waals surface area contributed by atoms with E-state index in [9.17, 15) is 4.79 Å². The highest BCUT2D eigenvalue weighted by molar-refractivity contribution is 7.99. The third-order valence-corrected chi connectivity index (χ3v) is 2.87. The number of anilines is 1. The first kappa shape index (κ1) is 14.3. The van der Waals surface area contributed by atoms with Gasteiger partial charge in [0.25, 0.3) is 5.91 Å². The zero-order valence-electron chi connectivity index (χ0n) is 10.0. The van der Waals surface area contributed by atoms with Crippen LogP contribution in [0.25, 0.3) is 0 Å². The van der Waals surface area contributed by atoms with Crippen molar-refractivity contribution in [3.05, 3.63) is 24.3 Å². The molecule has 0 unspecified atom stereocenters. The number of rotatable bonds is 7. The van der Waals surface area contributed by atoms with Crippen LogP contribution < -0.4 is 15.8 Å². The molecule has 0 aliphatic carbocycles. The van der Waals surface area contributed by atoms with E-state index in [1.54, 1.807) is 36.0 Å². The van der Waals surface area contributed by atoms with Crippen LogP contribution in [-0.2, 0) is 4.79 Å². The molecule has 0 bridgehead atoms. The summed E-state index contributed by atoms with van der Waals surface area (Å²) in [5, 5.41) is 2.75. The van der Waals surface area contributed by atoms with Gasteiger partial charge < -0.3 is 15.8 Å². The second kappa shape index (κ2) is 8.31. The van der Waals surface area contributed by atoms with E-state index in [1.165, 1.54) is 0 Å². The summed E-state index contributed by atoms with van der Waals surface area (Å²) in [4.78, 5) is 11.4. The molecular formula is C13H16N2O2S. The van der Waals surface area contributed by atoms with E-state index >= 15 is 0 Å². The van der Waals surface area contributed by atoms with E-state index in [2.05, 4.69) is 11.2 Å². The Labute approximate surface area is 111 Å². The molecule has 0 aromatic heterocycles. The molecule has 0 saturated carbocycles. The fraction of sp³-hybridized carbons (Fsp3) is 0.308. The molecule has 3 N–H and O–H groups in total. The Kier molecular flexibility index (Phi) is 6.59. The smallest absolute Gasteiger partial charge is 0.257 e. The Balaban J connectivity index is 2.13. The average Bonchev–Trinajstić information content (AvgIpc) is 2.38. The number of nitrogens with one attached hydrogen (secondary N) is 1. The Bertz CT molecular complexity index is 412. The number of thioether (sulfide) groups is 1. The summed E-state index contributed by atoms with van der Waals surface area (Å²) in [5.74, 6) is 4.47. The van der Waals surface area contributed by atoms with Crippen LogP contribution in [0.15, 0.2) is 24.3 Å². The minimum absolute atomic E-state index is 0.00369. The summed E-state index contributed by atoms with van der Waals surface area (Å²) in [6.45, 7) is 0.597. The number of carbonyl (C=O) groups excluding carboxylic acids is 1. The molecule has 1 amide bonds. The first-order valence-corrected chi connectivity index (χ1v) is 6.64. The zero-order chi connectivity index (χ0) is 13.2. The quantitative estimate of drug-likeness (QED) is 0.440. The van der Waals surface area contributed by atoms with Crippen LogP contribution in [0.1, 0.15) is 0 Å². The van der Waals surface area contributed by atoms with E-state index in [4.69, 9.17) is 16.9 Å². The Morgan fingerprint density at radius 1 is 1.44 bits per heavy atom. The lowest BCUT2D eigenvalue weighted by Gasteiger charge is -2.07. The van der Waals surface area contributed by atoms with Crippen molar-refractivity contribution in [1.29, 1.82) is 0 Å². The fourth-order valence-electron chi connectivity index (χ4n) is 1.16. The monoisotopic (exact) mass is 264 g/mol. The first-order valence-electron chi connectivity index (χ1n) is 5.48. The van der Waals surface area contributed by atoms with E-state index < -0.39 is 0 Å². The SMILES string of the molecule is C#CCSCCNC(=O)COc1ccc(N)cc1. The third kappa shape index (κ3) is 6.06. The van der Waals surface area contributed by atoms with Crippen molar-refractivity contribution in [2.45, 2.75) is 0 Å². The predicted molar refractivity (Wildman–Crippen MR) is 75.5 cm³/mol. The van der Waals surface area contributed by atoms with Crippen molar-refractivity contribution < 1.29 is 9.53 Å². The van der Waals surface area contributed by atoms with Gasteiger partial charge in [-0.1, -0.05) is 5.92 Å². The molecule has 5 heteroatoms. The van der Waals surface area contributed by atoms with E-state index in [0.717, 1.165) is 5.75 Å². The molecule has 0 aliphatic rings. The van der Waals surface area contributed by atoms with Gasteiger partial charge in [0.15, 0.2) is 6.61 Å². The third-order valence-electron chi connectivity index (χ3n) is 2.00. The summed E-state index contributed by atoms with van der Waals surface area (Å²) >= 11 is 1.61. The van der Waals surface area contributed by atoms with Crippen LogP contribution >= 0.6 is 11.8 Å². The molecule has 0 spiro atoms. The Hall–Kier alpha value is -1.80. The molecule has 0 radical (unpaired) electrons. The molecule has 1 aromatic carbocycles. The van der Waals surface area contributed by atoms with Gasteiger partial charge in [0.1, 0.15) is 5.75 Å². The molecule has 4 nitrogen and oxygen atoms in total. The van der Waals surface area contributed by atoms with Gasteiger partial charge in [-0.25, -0.2) is 0 Å². The standard InChI is InChI=1S/C13H16N2O2S/c1-2-8-18-9-7-15-13(16)10-17-12-5-3-11(14)4-6-12/h1,3-6H,7-10,14H2,(H,15,16). The minimum Gasteiger partial charge on any atom is -0.484 e. The summed E-state index contributed by atoms with van der Waals surface area (Å²) in [5.41, 5.74) is 6.20. The molecular weight excluding hydrogens is 248 g/mol. The van der Waals surface area contributed by atoms with Crippen molar-refractivity contribution in [3.8, 4) is 18.1 Å². The number of benzene rings is 1. The van der Waals surface area contributed by atoms with Crippen molar-refractivity contribution >= 4 is 23.4 Å². The molecule has 0 aliphatic heterocycles. The number of carbonyl (C=O) groups is 1. The number of amides is 1. The molecule has 96 valence electrons. The van der Waals surface area contributed by atoms with Gasteiger partial charge in [-0.2, -0.15) is 0 Å². The maximum Gasteiger partial charge on any atom is 0.257 e. The summed E-state index contributed by atoms with van der Waals surface area (Å²) in [6, 6.07) is 6.91. The van der Waals surface area contributed by atoms with E-state index in [0.29, 0.717) is 23.7 Å². The number of ether oxygens (including phenoxy) is 1. The Morgan fingerprint density at radius 3 is 2.83 bits per heavy atom. The summed E-state index contributed by atoms with van der Waals surface area (Å²) < 4.78 is 5.29. The van der Waals surface area contributed by atoms with Gasteiger partial charge in [-0.05, 0) is 24.3 Å². The van der Waals surface area contributed by atoms with Crippen molar-refractivity contribution in [2.75, 3.05) is 30.4 Å². The predicted octanol–water partition coefficient (Wildman–Crippen LogP) is 1.13. The number of hydrogen-bond acceptors (Lipinski definition) is 4. The molecule has 0 atom stereocenters. The Morgan fingerprint density at radius 2 is 2.17 bits per heavy atom. The molecule has 0 saturated heterocycles. The van der Waals surface area contributed by atoms with Crippen molar-refractivity contribution in [3.63, 3.8) is 0 Å². The maximum atomic E-state index is 11.4. The number of hydrogen-bond donors (Lipinski definition) is 2. The van der Waals surface area contributed by atoms with Crippen molar-refractivity contribution in [1.82, 2.24) is 5.32 Å². The lowest BCUT2D eigenvalue weighted by atomic mass is 10.3. The number of terminal acetylenes is 1. The largest absolute Gasteiger partial charge is 0.484 e. The fourth-order valence-corrected chi connectivity index (χ4v) is 1.67. The van der Waals surface area contributed by atoms with E-state index in [-0.39, 0.29) is 12.5 Å². The van der Waals surface area contributed by atoms with Gasteiger partial charge in [0.05, 0.1) is 5.75 Å². The lowest BCUT2D eigenvalue weighted by molar-refractivity contribution is -0.122. The molecule has 18 heavy (non-hydrogen) atoms. The summed E-state index contributed by atoms with van der Waals surface area (Å²) in [6.07, 6.45) is 5.11. The van der Waals surface area contributed by atoms with Gasteiger partial charge in [0.2, 0.25) is 0 Å². The highest BCUT2D eigenvalue weighted by Crippen LogP contribution is 2.12. The van der Waals surface area contributed by atoms with Gasteiger partial charge in [-0.3, -0.25) is 4.79 Å². The second-order valence-corrected chi connectivity index (χ2v) is 4.57. The van der Waals surface area contributed by atoms with Crippen LogP contribution in [0.4, 0.5) is 5.69 Å². The van der Waals surface area contributed by atoms with Crippen LogP contribution in [0.5, 0.6) is 5.75 Å². The molecule has 1 rings (SSSR count). The van der Waals surface area contributed by atoms with Gasteiger partial charge in [0, 0.05) is 18.0 Å². The normalized spacial score (nSPS) is 9.50. The van der Waals surface area contributed by atoms with Gasteiger partial charge >= 0.3 is 0 Å². The second-order valence-electron chi connectivity index (χ2n) is 3.46. The minimum atomic E-state index is -0.145. The molecule has 1 aromatic rings. The van der Waals surface area contributed by atoms with Gasteiger partial charge in [-0.15, -0.1) is 18.2 Å². The first-order chi connectivity index (χ1) is 8.72. The summed E-state index contributed by atoms with van der Waals surface area (Å²) in [7, 11) is 0. The molecule has 0 fully saturated rings. The topological polar surface area (TPSA) is 64.3 Å². The van der Waals surface area contributed by atoms with Crippen LogP contribution in [-0.4, -0.2) is 30.6 Å².